The fourth-order valence-electron chi connectivity index (χ4n) is 2.55. The number of hydrogen-bond donors (Lipinski definition) is 4. The van der Waals surface area contributed by atoms with Crippen molar-refractivity contribution in [2.24, 2.45) is 0 Å². The molecule has 3 unspecified atom stereocenters. The number of fused-ring (bicyclic) bond motifs is 1. The van der Waals surface area contributed by atoms with Gasteiger partial charge in [0, 0.05) is 23.4 Å². The van der Waals surface area contributed by atoms with Gasteiger partial charge in [0.15, 0.2) is 6.23 Å². The van der Waals surface area contributed by atoms with Crippen molar-refractivity contribution in [3.05, 3.63) is 30.5 Å². The van der Waals surface area contributed by atoms with Gasteiger partial charge in [-0.3, -0.25) is 9.88 Å². The fourth-order valence-corrected chi connectivity index (χ4v) is 2.55. The van der Waals surface area contributed by atoms with Gasteiger partial charge in [0.05, 0.1) is 0 Å². The number of rotatable bonds is 1. The van der Waals surface area contributed by atoms with E-state index in [0.29, 0.717) is 10.8 Å². The molecule has 1 fully saturated rings. The van der Waals surface area contributed by atoms with E-state index in [1.165, 1.54) is 6.20 Å². The normalized spacial score (nSPS) is 31.7. The molecule has 102 valence electrons. The molecule has 2 aromatic rings. The highest BCUT2D eigenvalue weighted by Crippen LogP contribution is 2.39. The van der Waals surface area contributed by atoms with Crippen molar-refractivity contribution in [2.45, 2.75) is 31.1 Å². The predicted octanol–water partition coefficient (Wildman–Crippen LogP) is 0.989. The number of nitrogens with one attached hydrogen (secondary N) is 1. The Bertz CT molecular complexity index is 615. The lowest BCUT2D eigenvalue weighted by atomic mass is 10.0. The first-order valence-corrected chi connectivity index (χ1v) is 6.13. The smallest absolute Gasteiger partial charge is 0.228 e. The second kappa shape index (κ2) is 4.19. The lowest BCUT2D eigenvalue weighted by Crippen LogP contribution is -2.57. The lowest BCUT2D eigenvalue weighted by Gasteiger charge is -2.38. The SMILES string of the molecule is Oc1c2ccccc2cn1C1(F)CCC(O)NC1O. The Labute approximate surface area is 108 Å². The Kier molecular flexibility index (Phi) is 2.74. The fraction of sp³-hybridized carbons (Fsp3) is 0.385. The molecular formula is C13H15FN2O3. The minimum absolute atomic E-state index is 0.0864. The van der Waals surface area contributed by atoms with Crippen molar-refractivity contribution in [2.75, 3.05) is 0 Å². The van der Waals surface area contributed by atoms with Crippen LogP contribution >= 0.6 is 0 Å². The third-order valence-corrected chi connectivity index (χ3v) is 3.64. The van der Waals surface area contributed by atoms with Crippen LogP contribution in [0.1, 0.15) is 12.8 Å². The maximum Gasteiger partial charge on any atom is 0.228 e. The average molecular weight is 266 g/mol. The molecule has 0 aliphatic carbocycles. The second-order valence-electron chi connectivity index (χ2n) is 4.85. The number of benzene rings is 1. The molecule has 1 aromatic carbocycles. The molecule has 0 spiro atoms. The highest BCUT2D eigenvalue weighted by molar-refractivity contribution is 5.87. The Morgan fingerprint density at radius 2 is 2.05 bits per heavy atom. The monoisotopic (exact) mass is 266 g/mol. The standard InChI is InChI=1S/C13H15FN2O3/c14-13(6-5-10(17)15-12(13)19)16-7-8-3-1-2-4-9(8)11(16)18/h1-4,7,10,12,15,17-19H,5-6H2. The Morgan fingerprint density at radius 1 is 1.32 bits per heavy atom. The molecule has 0 saturated carbocycles. The van der Waals surface area contributed by atoms with Crippen molar-refractivity contribution in [1.29, 1.82) is 0 Å². The van der Waals surface area contributed by atoms with Crippen molar-refractivity contribution in [3.63, 3.8) is 0 Å². The van der Waals surface area contributed by atoms with Gasteiger partial charge in [0.25, 0.3) is 0 Å². The van der Waals surface area contributed by atoms with Crippen LogP contribution in [0, 0.1) is 0 Å². The molecule has 3 rings (SSSR count). The Morgan fingerprint density at radius 3 is 2.74 bits per heavy atom. The number of piperidine rings is 1. The number of aliphatic hydroxyl groups excluding tert-OH is 2. The summed E-state index contributed by atoms with van der Waals surface area (Å²) in [7, 11) is 0. The van der Waals surface area contributed by atoms with E-state index in [0.717, 1.165) is 4.57 Å². The predicted molar refractivity (Wildman–Crippen MR) is 67.1 cm³/mol. The summed E-state index contributed by atoms with van der Waals surface area (Å²) >= 11 is 0. The zero-order valence-corrected chi connectivity index (χ0v) is 10.1. The van der Waals surface area contributed by atoms with Gasteiger partial charge in [-0.1, -0.05) is 18.2 Å². The molecule has 1 aliphatic heterocycles. The molecule has 4 N–H and O–H groups in total. The van der Waals surface area contributed by atoms with Crippen LogP contribution in [0.15, 0.2) is 30.5 Å². The Hall–Kier alpha value is -1.63. The van der Waals surface area contributed by atoms with E-state index in [1.807, 2.05) is 0 Å². The highest BCUT2D eigenvalue weighted by Gasteiger charge is 2.45. The molecule has 1 aromatic heterocycles. The number of halogens is 1. The first-order chi connectivity index (χ1) is 9.02. The molecule has 0 bridgehead atoms. The van der Waals surface area contributed by atoms with E-state index in [-0.39, 0.29) is 18.7 Å². The highest BCUT2D eigenvalue weighted by atomic mass is 19.1. The summed E-state index contributed by atoms with van der Waals surface area (Å²) in [6, 6.07) is 6.97. The van der Waals surface area contributed by atoms with E-state index in [9.17, 15) is 19.7 Å². The van der Waals surface area contributed by atoms with Crippen LogP contribution in [-0.2, 0) is 5.79 Å². The molecule has 6 heteroatoms. The summed E-state index contributed by atoms with van der Waals surface area (Å²) in [5, 5.41) is 32.9. The van der Waals surface area contributed by atoms with Crippen LogP contribution in [0.5, 0.6) is 5.88 Å². The van der Waals surface area contributed by atoms with Crippen molar-refractivity contribution < 1.29 is 19.7 Å². The summed E-state index contributed by atoms with van der Waals surface area (Å²) in [4.78, 5) is 0. The summed E-state index contributed by atoms with van der Waals surface area (Å²) in [5.74, 6) is -2.40. The first kappa shape index (κ1) is 12.4. The van der Waals surface area contributed by atoms with Gasteiger partial charge >= 0.3 is 0 Å². The van der Waals surface area contributed by atoms with Crippen LogP contribution in [0.25, 0.3) is 10.8 Å². The molecule has 19 heavy (non-hydrogen) atoms. The topological polar surface area (TPSA) is 77.7 Å². The summed E-state index contributed by atoms with van der Waals surface area (Å²) < 4.78 is 16.0. The van der Waals surface area contributed by atoms with Gasteiger partial charge in [-0.2, -0.15) is 0 Å². The molecule has 3 atom stereocenters. The van der Waals surface area contributed by atoms with Gasteiger partial charge in [-0.05, 0) is 12.5 Å². The van der Waals surface area contributed by atoms with Gasteiger partial charge < -0.3 is 15.3 Å². The number of aromatic hydroxyl groups is 1. The third-order valence-electron chi connectivity index (χ3n) is 3.64. The molecule has 1 saturated heterocycles. The van der Waals surface area contributed by atoms with Gasteiger partial charge in [0.1, 0.15) is 6.23 Å². The van der Waals surface area contributed by atoms with Crippen LogP contribution < -0.4 is 5.32 Å². The molecule has 0 amide bonds. The number of hydrogen-bond acceptors (Lipinski definition) is 4. The number of aliphatic hydroxyl groups is 2. The van der Waals surface area contributed by atoms with Crippen LogP contribution in [0.4, 0.5) is 4.39 Å². The van der Waals surface area contributed by atoms with E-state index in [1.54, 1.807) is 24.3 Å². The Balaban J connectivity index is 2.10. The van der Waals surface area contributed by atoms with Crippen molar-refractivity contribution in [1.82, 2.24) is 9.88 Å². The van der Waals surface area contributed by atoms with E-state index >= 15 is 0 Å². The maximum atomic E-state index is 15.0. The summed E-state index contributed by atoms with van der Waals surface area (Å²) in [6.45, 7) is 0. The van der Waals surface area contributed by atoms with Crippen LogP contribution in [0.3, 0.4) is 0 Å². The van der Waals surface area contributed by atoms with E-state index < -0.39 is 18.2 Å². The molecule has 2 heterocycles. The van der Waals surface area contributed by atoms with Crippen molar-refractivity contribution >= 4 is 10.8 Å². The van der Waals surface area contributed by atoms with Crippen LogP contribution in [-0.4, -0.2) is 32.3 Å². The van der Waals surface area contributed by atoms with Gasteiger partial charge in [-0.25, -0.2) is 4.39 Å². The zero-order chi connectivity index (χ0) is 13.6. The summed E-state index contributed by atoms with van der Waals surface area (Å²) in [5.41, 5.74) is 0. The quantitative estimate of drug-likeness (QED) is 0.621. The average Bonchev–Trinajstić information content (AvgIpc) is 2.73. The molecule has 0 radical (unpaired) electrons. The van der Waals surface area contributed by atoms with Crippen molar-refractivity contribution in [3.8, 4) is 5.88 Å². The van der Waals surface area contributed by atoms with E-state index in [4.69, 9.17) is 0 Å². The van der Waals surface area contributed by atoms with Crippen LogP contribution in [0.2, 0.25) is 0 Å². The zero-order valence-electron chi connectivity index (χ0n) is 10.1. The number of alkyl halides is 1. The molecule has 1 aliphatic rings. The second-order valence-corrected chi connectivity index (χ2v) is 4.85. The number of aromatic nitrogens is 1. The largest absolute Gasteiger partial charge is 0.494 e. The minimum atomic E-state index is -2.18. The van der Waals surface area contributed by atoms with E-state index in [2.05, 4.69) is 5.32 Å². The first-order valence-electron chi connectivity index (χ1n) is 6.13. The third kappa shape index (κ3) is 1.80. The minimum Gasteiger partial charge on any atom is -0.494 e. The van der Waals surface area contributed by atoms with Gasteiger partial charge in [-0.15, -0.1) is 0 Å². The molecular weight excluding hydrogens is 251 g/mol. The molecule has 5 nitrogen and oxygen atoms in total. The summed E-state index contributed by atoms with van der Waals surface area (Å²) in [6.07, 6.45) is -0.985. The lowest BCUT2D eigenvalue weighted by molar-refractivity contribution is -0.146. The number of nitrogens with zero attached hydrogens (tertiary/aromatic N) is 1. The van der Waals surface area contributed by atoms with Gasteiger partial charge in [0.2, 0.25) is 11.7 Å². The maximum absolute atomic E-state index is 15.0.